The smallest absolute Gasteiger partial charge is 0.262 e. The van der Waals surface area contributed by atoms with Gasteiger partial charge in [-0.15, -0.1) is 0 Å². The van der Waals surface area contributed by atoms with E-state index in [1.54, 1.807) is 30.3 Å². The van der Waals surface area contributed by atoms with Crippen LogP contribution in [0.3, 0.4) is 0 Å². The van der Waals surface area contributed by atoms with Gasteiger partial charge < -0.3 is 15.4 Å². The van der Waals surface area contributed by atoms with Crippen molar-refractivity contribution in [3.63, 3.8) is 0 Å². The predicted molar refractivity (Wildman–Crippen MR) is 95.8 cm³/mol. The number of halogens is 1. The van der Waals surface area contributed by atoms with Gasteiger partial charge in [0, 0.05) is 23.3 Å². The van der Waals surface area contributed by atoms with Gasteiger partial charge in [0.15, 0.2) is 6.61 Å². The first-order chi connectivity index (χ1) is 11.3. The number of anilines is 2. The van der Waals surface area contributed by atoms with E-state index in [0.29, 0.717) is 22.1 Å². The predicted octanol–water partition coefficient (Wildman–Crippen LogP) is 3.93. The van der Waals surface area contributed by atoms with Crippen molar-refractivity contribution in [2.45, 2.75) is 20.8 Å². The van der Waals surface area contributed by atoms with Crippen LogP contribution in [0.1, 0.15) is 18.1 Å². The van der Waals surface area contributed by atoms with E-state index >= 15 is 0 Å². The van der Waals surface area contributed by atoms with Crippen molar-refractivity contribution in [1.82, 2.24) is 0 Å². The molecule has 0 aliphatic carbocycles. The summed E-state index contributed by atoms with van der Waals surface area (Å²) in [6, 6.07) is 10.5. The van der Waals surface area contributed by atoms with Crippen molar-refractivity contribution in [2.24, 2.45) is 0 Å². The Labute approximate surface area is 146 Å². The molecule has 2 amide bonds. The number of hydrogen-bond acceptors (Lipinski definition) is 3. The first-order valence-electron chi connectivity index (χ1n) is 7.42. The number of carbonyl (C=O) groups is 2. The summed E-state index contributed by atoms with van der Waals surface area (Å²) in [4.78, 5) is 23.2. The standard InChI is InChI=1S/C18H19ClN2O3/c1-11-4-6-15(9-16(11)20-13(3)22)21-18(23)10-24-17-7-5-14(19)8-12(17)2/h4-9H,10H2,1-3H3,(H,20,22)(H,21,23). The van der Waals surface area contributed by atoms with Crippen molar-refractivity contribution in [2.75, 3.05) is 17.2 Å². The number of rotatable bonds is 5. The number of nitrogens with one attached hydrogen (secondary N) is 2. The summed E-state index contributed by atoms with van der Waals surface area (Å²) in [6.45, 7) is 5.06. The normalized spacial score (nSPS) is 10.2. The van der Waals surface area contributed by atoms with E-state index in [9.17, 15) is 9.59 Å². The lowest BCUT2D eigenvalue weighted by Gasteiger charge is -2.12. The summed E-state index contributed by atoms with van der Waals surface area (Å²) in [5, 5.41) is 6.09. The summed E-state index contributed by atoms with van der Waals surface area (Å²) < 4.78 is 5.50. The molecule has 126 valence electrons. The van der Waals surface area contributed by atoms with E-state index in [1.165, 1.54) is 6.92 Å². The van der Waals surface area contributed by atoms with Crippen LogP contribution in [-0.2, 0) is 9.59 Å². The van der Waals surface area contributed by atoms with Crippen LogP contribution in [0.25, 0.3) is 0 Å². The highest BCUT2D eigenvalue weighted by atomic mass is 35.5. The second-order valence-electron chi connectivity index (χ2n) is 5.46. The third-order valence-corrected chi connectivity index (χ3v) is 3.56. The van der Waals surface area contributed by atoms with E-state index < -0.39 is 0 Å². The van der Waals surface area contributed by atoms with E-state index in [-0.39, 0.29) is 18.4 Å². The lowest BCUT2D eigenvalue weighted by molar-refractivity contribution is -0.118. The maximum Gasteiger partial charge on any atom is 0.262 e. The van der Waals surface area contributed by atoms with Gasteiger partial charge in [-0.3, -0.25) is 9.59 Å². The fourth-order valence-corrected chi connectivity index (χ4v) is 2.37. The zero-order valence-electron chi connectivity index (χ0n) is 13.8. The average molecular weight is 347 g/mol. The van der Waals surface area contributed by atoms with Crippen molar-refractivity contribution >= 4 is 34.8 Å². The molecule has 0 saturated heterocycles. The van der Waals surface area contributed by atoms with Crippen LogP contribution >= 0.6 is 11.6 Å². The number of benzene rings is 2. The molecule has 0 aliphatic heterocycles. The topological polar surface area (TPSA) is 67.4 Å². The molecule has 2 aromatic rings. The molecule has 0 aromatic heterocycles. The molecule has 2 N–H and O–H groups in total. The van der Waals surface area contributed by atoms with Gasteiger partial charge in [-0.25, -0.2) is 0 Å². The zero-order chi connectivity index (χ0) is 17.7. The Hall–Kier alpha value is -2.53. The fourth-order valence-electron chi connectivity index (χ4n) is 2.14. The van der Waals surface area contributed by atoms with E-state index in [4.69, 9.17) is 16.3 Å². The lowest BCUT2D eigenvalue weighted by atomic mass is 10.1. The second kappa shape index (κ2) is 7.84. The minimum Gasteiger partial charge on any atom is -0.483 e. The molecule has 6 heteroatoms. The highest BCUT2D eigenvalue weighted by molar-refractivity contribution is 6.30. The Morgan fingerprint density at radius 3 is 2.46 bits per heavy atom. The van der Waals surface area contributed by atoms with E-state index in [1.807, 2.05) is 19.9 Å². The Balaban J connectivity index is 1.98. The molecule has 0 bridgehead atoms. The van der Waals surface area contributed by atoms with Gasteiger partial charge in [-0.1, -0.05) is 17.7 Å². The quantitative estimate of drug-likeness (QED) is 0.861. The minimum atomic E-state index is -0.290. The fraction of sp³-hybridized carbons (Fsp3) is 0.222. The number of amides is 2. The molecule has 0 unspecified atom stereocenters. The van der Waals surface area contributed by atoms with Crippen LogP contribution in [-0.4, -0.2) is 18.4 Å². The van der Waals surface area contributed by atoms with Gasteiger partial charge >= 0.3 is 0 Å². The molecule has 5 nitrogen and oxygen atoms in total. The Morgan fingerprint density at radius 2 is 1.79 bits per heavy atom. The summed E-state index contributed by atoms with van der Waals surface area (Å²) in [7, 11) is 0. The first-order valence-corrected chi connectivity index (χ1v) is 7.80. The third kappa shape index (κ3) is 4.99. The molecule has 0 saturated carbocycles. The van der Waals surface area contributed by atoms with Gasteiger partial charge in [0.25, 0.3) is 5.91 Å². The third-order valence-electron chi connectivity index (χ3n) is 3.33. The van der Waals surface area contributed by atoms with E-state index in [0.717, 1.165) is 11.1 Å². The summed E-state index contributed by atoms with van der Waals surface area (Å²) in [6.07, 6.45) is 0. The molecule has 2 aromatic carbocycles. The Morgan fingerprint density at radius 1 is 1.04 bits per heavy atom. The largest absolute Gasteiger partial charge is 0.483 e. The van der Waals surface area contributed by atoms with Crippen LogP contribution in [0.15, 0.2) is 36.4 Å². The molecular formula is C18H19ClN2O3. The van der Waals surface area contributed by atoms with Gasteiger partial charge in [0.2, 0.25) is 5.91 Å². The summed E-state index contributed by atoms with van der Waals surface area (Å²) in [5.74, 6) is 0.155. The molecule has 2 rings (SSSR count). The number of carbonyl (C=O) groups excluding carboxylic acids is 2. The monoisotopic (exact) mass is 346 g/mol. The molecule has 0 fully saturated rings. The van der Waals surface area contributed by atoms with Crippen molar-refractivity contribution in [3.05, 3.63) is 52.5 Å². The van der Waals surface area contributed by atoms with E-state index in [2.05, 4.69) is 10.6 Å². The number of ether oxygens (including phenoxy) is 1. The van der Waals surface area contributed by atoms with Crippen LogP contribution < -0.4 is 15.4 Å². The number of hydrogen-bond donors (Lipinski definition) is 2. The SMILES string of the molecule is CC(=O)Nc1cc(NC(=O)COc2ccc(Cl)cc2C)ccc1C. The highest BCUT2D eigenvalue weighted by Gasteiger charge is 2.08. The Kier molecular flexibility index (Phi) is 5.82. The summed E-state index contributed by atoms with van der Waals surface area (Å²) in [5.41, 5.74) is 3.02. The van der Waals surface area contributed by atoms with Crippen LogP contribution in [0.4, 0.5) is 11.4 Å². The highest BCUT2D eigenvalue weighted by Crippen LogP contribution is 2.22. The van der Waals surface area contributed by atoms with Gasteiger partial charge in [-0.05, 0) is 55.3 Å². The average Bonchev–Trinajstić information content (AvgIpc) is 2.49. The van der Waals surface area contributed by atoms with Gasteiger partial charge in [0.1, 0.15) is 5.75 Å². The molecular weight excluding hydrogens is 328 g/mol. The molecule has 0 radical (unpaired) electrons. The van der Waals surface area contributed by atoms with Crippen molar-refractivity contribution < 1.29 is 14.3 Å². The van der Waals surface area contributed by atoms with Crippen LogP contribution in [0.5, 0.6) is 5.75 Å². The molecule has 0 atom stereocenters. The maximum atomic E-state index is 12.0. The molecule has 0 spiro atoms. The van der Waals surface area contributed by atoms with Crippen LogP contribution in [0, 0.1) is 13.8 Å². The van der Waals surface area contributed by atoms with Gasteiger partial charge in [-0.2, -0.15) is 0 Å². The first kappa shape index (κ1) is 17.8. The lowest BCUT2D eigenvalue weighted by Crippen LogP contribution is -2.20. The van der Waals surface area contributed by atoms with Crippen molar-refractivity contribution in [3.8, 4) is 5.75 Å². The molecule has 0 aliphatic rings. The van der Waals surface area contributed by atoms with Gasteiger partial charge in [0.05, 0.1) is 0 Å². The molecule has 24 heavy (non-hydrogen) atoms. The second-order valence-corrected chi connectivity index (χ2v) is 5.89. The maximum absolute atomic E-state index is 12.0. The zero-order valence-corrected chi connectivity index (χ0v) is 14.5. The Bertz CT molecular complexity index is 775. The van der Waals surface area contributed by atoms with Crippen molar-refractivity contribution in [1.29, 1.82) is 0 Å². The number of aryl methyl sites for hydroxylation is 2. The molecule has 0 heterocycles. The van der Waals surface area contributed by atoms with Crippen LogP contribution in [0.2, 0.25) is 5.02 Å². The summed E-state index contributed by atoms with van der Waals surface area (Å²) >= 11 is 5.89. The minimum absolute atomic E-state index is 0.119.